The van der Waals surface area contributed by atoms with E-state index in [1.165, 1.54) is 0 Å². The Morgan fingerprint density at radius 2 is 2.43 bits per heavy atom. The molecule has 2 N–H and O–H groups in total. The van der Waals surface area contributed by atoms with Crippen LogP contribution in [-0.2, 0) is 11.8 Å². The number of aromatic nitrogens is 5. The largest absolute Gasteiger partial charge is 0.365 e. The molecule has 0 aromatic carbocycles. The van der Waals surface area contributed by atoms with Crippen molar-refractivity contribution < 1.29 is 9.53 Å². The Morgan fingerprint density at radius 1 is 1.57 bits per heavy atom. The summed E-state index contributed by atoms with van der Waals surface area (Å²) in [6.45, 7) is 2.33. The van der Waals surface area contributed by atoms with E-state index in [1.54, 1.807) is 24.1 Å². The van der Waals surface area contributed by atoms with Gasteiger partial charge in [-0.05, 0) is 19.8 Å². The standard InChI is InChI=1S/C13H18N6O2/c1-8-16-12(18-17-8)11-4-3-9(21-11)5-15-13(20)10-6-14-7-19(10)2/h6-7,9,11H,3-5H2,1-2H3,(H,15,20)(H,16,17,18)/t9-,11+/m1/s1. The van der Waals surface area contributed by atoms with Crippen LogP contribution in [0.1, 0.15) is 41.1 Å². The van der Waals surface area contributed by atoms with Crippen LogP contribution in [0.4, 0.5) is 0 Å². The fourth-order valence-corrected chi connectivity index (χ4v) is 2.42. The molecule has 1 fully saturated rings. The third-order valence-electron chi connectivity index (χ3n) is 3.55. The molecule has 1 amide bonds. The molecule has 3 rings (SSSR count). The normalized spacial score (nSPS) is 21.6. The van der Waals surface area contributed by atoms with E-state index in [1.807, 2.05) is 6.92 Å². The van der Waals surface area contributed by atoms with E-state index < -0.39 is 0 Å². The van der Waals surface area contributed by atoms with Crippen LogP contribution in [0.15, 0.2) is 12.5 Å². The van der Waals surface area contributed by atoms with Crippen LogP contribution in [0.3, 0.4) is 0 Å². The van der Waals surface area contributed by atoms with Crippen LogP contribution in [0.2, 0.25) is 0 Å². The van der Waals surface area contributed by atoms with Gasteiger partial charge in [0.15, 0.2) is 5.82 Å². The van der Waals surface area contributed by atoms with Gasteiger partial charge in [-0.2, -0.15) is 5.10 Å². The summed E-state index contributed by atoms with van der Waals surface area (Å²) in [4.78, 5) is 20.2. The van der Waals surface area contributed by atoms with Crippen LogP contribution in [0.25, 0.3) is 0 Å². The predicted molar refractivity (Wildman–Crippen MR) is 73.5 cm³/mol. The van der Waals surface area contributed by atoms with Crippen molar-refractivity contribution in [3.63, 3.8) is 0 Å². The first-order valence-electron chi connectivity index (χ1n) is 6.92. The van der Waals surface area contributed by atoms with Gasteiger partial charge < -0.3 is 14.6 Å². The van der Waals surface area contributed by atoms with E-state index in [9.17, 15) is 4.79 Å². The average Bonchev–Trinajstić information content (AvgIpc) is 3.16. The zero-order valence-electron chi connectivity index (χ0n) is 12.0. The number of aromatic amines is 1. The Labute approximate surface area is 121 Å². The number of ether oxygens (including phenoxy) is 1. The van der Waals surface area contributed by atoms with Crippen LogP contribution < -0.4 is 5.32 Å². The van der Waals surface area contributed by atoms with Gasteiger partial charge in [-0.3, -0.25) is 9.89 Å². The first-order chi connectivity index (χ1) is 10.1. The molecule has 0 unspecified atom stereocenters. The minimum atomic E-state index is -0.143. The second kappa shape index (κ2) is 5.65. The molecule has 112 valence electrons. The maximum absolute atomic E-state index is 12.0. The highest BCUT2D eigenvalue weighted by Crippen LogP contribution is 2.30. The van der Waals surface area contributed by atoms with Crippen LogP contribution in [-0.4, -0.2) is 43.3 Å². The van der Waals surface area contributed by atoms with Gasteiger partial charge in [0.2, 0.25) is 0 Å². The van der Waals surface area contributed by atoms with E-state index in [0.29, 0.717) is 18.1 Å². The molecule has 0 bridgehead atoms. The number of rotatable bonds is 4. The molecule has 1 aliphatic heterocycles. The number of aryl methyl sites for hydroxylation is 2. The van der Waals surface area contributed by atoms with E-state index in [-0.39, 0.29) is 18.1 Å². The van der Waals surface area contributed by atoms with Gasteiger partial charge in [0, 0.05) is 13.6 Å². The van der Waals surface area contributed by atoms with Crippen molar-refractivity contribution in [1.82, 2.24) is 30.0 Å². The highest BCUT2D eigenvalue weighted by Gasteiger charge is 2.29. The summed E-state index contributed by atoms with van der Waals surface area (Å²) in [5, 5.41) is 9.81. The molecule has 2 aromatic rings. The summed E-state index contributed by atoms with van der Waals surface area (Å²) in [6.07, 6.45) is 4.79. The van der Waals surface area contributed by atoms with Gasteiger partial charge in [0.05, 0.1) is 18.6 Å². The van der Waals surface area contributed by atoms with E-state index in [0.717, 1.165) is 18.7 Å². The molecule has 0 spiro atoms. The number of carbonyl (C=O) groups is 1. The van der Waals surface area contributed by atoms with Crippen molar-refractivity contribution in [2.45, 2.75) is 32.0 Å². The molecular weight excluding hydrogens is 272 g/mol. The Kier molecular flexibility index (Phi) is 3.70. The van der Waals surface area contributed by atoms with Crippen LogP contribution in [0, 0.1) is 6.92 Å². The molecule has 2 aromatic heterocycles. The number of hydrogen-bond acceptors (Lipinski definition) is 5. The summed E-state index contributed by atoms with van der Waals surface area (Å²) in [5.41, 5.74) is 0.536. The first-order valence-corrected chi connectivity index (χ1v) is 6.92. The number of H-pyrrole nitrogens is 1. The van der Waals surface area contributed by atoms with Crippen molar-refractivity contribution in [2.75, 3.05) is 6.54 Å². The summed E-state index contributed by atoms with van der Waals surface area (Å²) in [5.74, 6) is 1.32. The number of carbonyl (C=O) groups excluding carboxylic acids is 1. The van der Waals surface area contributed by atoms with Gasteiger partial charge >= 0.3 is 0 Å². The van der Waals surface area contributed by atoms with Crippen molar-refractivity contribution in [3.05, 3.63) is 29.9 Å². The lowest BCUT2D eigenvalue weighted by atomic mass is 10.2. The minimum absolute atomic E-state index is 0.00835. The van der Waals surface area contributed by atoms with Crippen LogP contribution in [0.5, 0.6) is 0 Å². The van der Waals surface area contributed by atoms with Crippen molar-refractivity contribution in [1.29, 1.82) is 0 Å². The lowest BCUT2D eigenvalue weighted by molar-refractivity contribution is 0.0391. The zero-order chi connectivity index (χ0) is 14.8. The molecule has 0 saturated carbocycles. The first kappa shape index (κ1) is 13.7. The Morgan fingerprint density at radius 3 is 3.10 bits per heavy atom. The summed E-state index contributed by atoms with van der Waals surface area (Å²) < 4.78 is 7.56. The van der Waals surface area contributed by atoms with Gasteiger partial charge in [0.25, 0.3) is 5.91 Å². The van der Waals surface area contributed by atoms with E-state index >= 15 is 0 Å². The molecule has 8 heteroatoms. The Balaban J connectivity index is 1.51. The highest BCUT2D eigenvalue weighted by molar-refractivity contribution is 5.92. The fourth-order valence-electron chi connectivity index (χ4n) is 2.42. The molecule has 0 radical (unpaired) electrons. The third-order valence-corrected chi connectivity index (χ3v) is 3.55. The Hall–Kier alpha value is -2.22. The lowest BCUT2D eigenvalue weighted by Gasteiger charge is -2.12. The predicted octanol–water partition coefficient (Wildman–Crippen LogP) is 0.497. The zero-order valence-corrected chi connectivity index (χ0v) is 12.0. The number of amides is 1. The monoisotopic (exact) mass is 290 g/mol. The topological polar surface area (TPSA) is 97.7 Å². The number of nitrogens with zero attached hydrogens (tertiary/aromatic N) is 4. The number of hydrogen-bond donors (Lipinski definition) is 2. The minimum Gasteiger partial charge on any atom is -0.365 e. The maximum atomic E-state index is 12.0. The second-order valence-corrected chi connectivity index (χ2v) is 5.20. The SMILES string of the molecule is Cc1nc([C@@H]2CC[C@H](CNC(=O)c3cncn3C)O2)n[nH]1. The molecule has 0 aliphatic carbocycles. The summed E-state index contributed by atoms with van der Waals surface area (Å²) in [7, 11) is 1.79. The van der Waals surface area contributed by atoms with Gasteiger partial charge in [-0.1, -0.05) is 0 Å². The van der Waals surface area contributed by atoms with Gasteiger partial charge in [-0.15, -0.1) is 0 Å². The summed E-state index contributed by atoms with van der Waals surface area (Å²) in [6, 6.07) is 0. The average molecular weight is 290 g/mol. The van der Waals surface area contributed by atoms with Gasteiger partial charge in [0.1, 0.15) is 17.6 Å². The fraction of sp³-hybridized carbons (Fsp3) is 0.538. The molecule has 8 nitrogen and oxygen atoms in total. The smallest absolute Gasteiger partial charge is 0.269 e. The number of nitrogens with one attached hydrogen (secondary N) is 2. The molecule has 1 saturated heterocycles. The second-order valence-electron chi connectivity index (χ2n) is 5.20. The van der Waals surface area contributed by atoms with Crippen molar-refractivity contribution in [3.8, 4) is 0 Å². The molecule has 21 heavy (non-hydrogen) atoms. The lowest BCUT2D eigenvalue weighted by Crippen LogP contribution is -2.32. The molecular formula is C13H18N6O2. The quantitative estimate of drug-likeness (QED) is 0.854. The number of imidazole rings is 1. The molecule has 2 atom stereocenters. The van der Waals surface area contributed by atoms with E-state index in [4.69, 9.17) is 4.74 Å². The maximum Gasteiger partial charge on any atom is 0.269 e. The third kappa shape index (κ3) is 2.94. The summed E-state index contributed by atoms with van der Waals surface area (Å²) >= 11 is 0. The van der Waals surface area contributed by atoms with Crippen molar-refractivity contribution in [2.24, 2.45) is 7.05 Å². The van der Waals surface area contributed by atoms with E-state index in [2.05, 4.69) is 25.5 Å². The Bertz CT molecular complexity index is 634. The van der Waals surface area contributed by atoms with Crippen molar-refractivity contribution >= 4 is 5.91 Å². The van der Waals surface area contributed by atoms with Gasteiger partial charge in [-0.25, -0.2) is 9.97 Å². The highest BCUT2D eigenvalue weighted by atomic mass is 16.5. The molecule has 1 aliphatic rings. The van der Waals surface area contributed by atoms with Crippen LogP contribution >= 0.6 is 0 Å². The molecule has 3 heterocycles.